The largest absolute Gasteiger partial charge is 0.494 e. The van der Waals surface area contributed by atoms with Crippen molar-refractivity contribution in [2.75, 3.05) is 19.8 Å². The molecule has 5 heteroatoms. The van der Waals surface area contributed by atoms with Crippen molar-refractivity contribution in [3.05, 3.63) is 29.3 Å². The van der Waals surface area contributed by atoms with Crippen LogP contribution in [0.1, 0.15) is 25.7 Å². The van der Waals surface area contributed by atoms with Gasteiger partial charge in [-0.15, -0.1) is 0 Å². The Bertz CT molecular complexity index is 416. The maximum Gasteiger partial charge on any atom is 0.220 e. The van der Waals surface area contributed by atoms with Crippen LogP contribution in [0.3, 0.4) is 0 Å². The van der Waals surface area contributed by atoms with Gasteiger partial charge in [0.05, 0.1) is 12.7 Å². The lowest BCUT2D eigenvalue weighted by atomic mass is 10.2. The topological polar surface area (TPSA) is 47.6 Å². The minimum Gasteiger partial charge on any atom is -0.494 e. The number of benzene rings is 1. The molecule has 1 amide bonds. The Labute approximate surface area is 124 Å². The Morgan fingerprint density at radius 2 is 2.20 bits per heavy atom. The first-order valence-corrected chi connectivity index (χ1v) is 7.38. The molecule has 0 aliphatic carbocycles. The Kier molecular flexibility index (Phi) is 6.15. The second-order valence-electron chi connectivity index (χ2n) is 4.85. The van der Waals surface area contributed by atoms with E-state index in [0.29, 0.717) is 31.0 Å². The number of ether oxygens (including phenoxy) is 2. The third kappa shape index (κ3) is 5.39. The maximum atomic E-state index is 11.6. The molecule has 0 radical (unpaired) electrons. The van der Waals surface area contributed by atoms with Crippen LogP contribution >= 0.6 is 11.6 Å². The lowest BCUT2D eigenvalue weighted by molar-refractivity contribution is -0.121. The van der Waals surface area contributed by atoms with Gasteiger partial charge in [-0.1, -0.05) is 11.6 Å². The molecule has 1 atom stereocenters. The van der Waals surface area contributed by atoms with E-state index in [4.69, 9.17) is 21.1 Å². The highest BCUT2D eigenvalue weighted by molar-refractivity contribution is 6.30. The third-order valence-corrected chi connectivity index (χ3v) is 3.43. The van der Waals surface area contributed by atoms with Crippen molar-refractivity contribution in [3.63, 3.8) is 0 Å². The van der Waals surface area contributed by atoms with Crippen LogP contribution < -0.4 is 10.1 Å². The average Bonchev–Trinajstić information content (AvgIpc) is 2.96. The van der Waals surface area contributed by atoms with Crippen LogP contribution in [0.2, 0.25) is 5.02 Å². The van der Waals surface area contributed by atoms with Gasteiger partial charge in [0.1, 0.15) is 5.75 Å². The van der Waals surface area contributed by atoms with E-state index >= 15 is 0 Å². The summed E-state index contributed by atoms with van der Waals surface area (Å²) in [5.74, 6) is 0.828. The second kappa shape index (κ2) is 8.12. The summed E-state index contributed by atoms with van der Waals surface area (Å²) in [5, 5.41) is 3.58. The number of halogens is 1. The number of hydrogen-bond acceptors (Lipinski definition) is 3. The molecule has 1 fully saturated rings. The number of hydrogen-bond donors (Lipinski definition) is 1. The molecule has 2 rings (SSSR count). The first kappa shape index (κ1) is 15.1. The summed E-state index contributed by atoms with van der Waals surface area (Å²) in [6, 6.07) is 7.20. The highest BCUT2D eigenvalue weighted by Crippen LogP contribution is 2.15. The fourth-order valence-electron chi connectivity index (χ4n) is 2.07. The third-order valence-electron chi connectivity index (χ3n) is 3.18. The van der Waals surface area contributed by atoms with Crippen LogP contribution in [0.25, 0.3) is 0 Å². The van der Waals surface area contributed by atoms with Crippen molar-refractivity contribution >= 4 is 17.5 Å². The van der Waals surface area contributed by atoms with Crippen LogP contribution in [0.15, 0.2) is 24.3 Å². The highest BCUT2D eigenvalue weighted by atomic mass is 35.5. The van der Waals surface area contributed by atoms with Crippen LogP contribution in [0.4, 0.5) is 0 Å². The van der Waals surface area contributed by atoms with E-state index in [1.165, 1.54) is 0 Å². The number of rotatable bonds is 7. The lowest BCUT2D eigenvalue weighted by Crippen LogP contribution is -2.31. The van der Waals surface area contributed by atoms with Gasteiger partial charge in [0.25, 0.3) is 0 Å². The van der Waals surface area contributed by atoms with E-state index in [1.54, 1.807) is 12.1 Å². The smallest absolute Gasteiger partial charge is 0.220 e. The summed E-state index contributed by atoms with van der Waals surface area (Å²) in [6.07, 6.45) is 3.50. The van der Waals surface area contributed by atoms with Gasteiger partial charge in [0.15, 0.2) is 0 Å². The molecule has 0 bridgehead atoms. The minimum atomic E-state index is 0.0557. The summed E-state index contributed by atoms with van der Waals surface area (Å²) in [6.45, 7) is 1.96. The Morgan fingerprint density at radius 3 is 2.90 bits per heavy atom. The quantitative estimate of drug-likeness (QED) is 0.787. The van der Waals surface area contributed by atoms with Crippen molar-refractivity contribution in [2.45, 2.75) is 31.8 Å². The molecule has 110 valence electrons. The van der Waals surface area contributed by atoms with Gasteiger partial charge in [-0.3, -0.25) is 4.79 Å². The Hall–Kier alpha value is -1.26. The molecular formula is C15H20ClNO3. The van der Waals surface area contributed by atoms with E-state index in [9.17, 15) is 4.79 Å². The van der Waals surface area contributed by atoms with Crippen molar-refractivity contribution < 1.29 is 14.3 Å². The monoisotopic (exact) mass is 297 g/mol. The van der Waals surface area contributed by atoms with E-state index in [1.807, 2.05) is 12.1 Å². The molecule has 1 heterocycles. The van der Waals surface area contributed by atoms with Gasteiger partial charge >= 0.3 is 0 Å². The predicted octanol–water partition coefficient (Wildman–Crippen LogP) is 2.79. The summed E-state index contributed by atoms with van der Waals surface area (Å²) in [7, 11) is 0. The van der Waals surface area contributed by atoms with Crippen molar-refractivity contribution in [1.29, 1.82) is 0 Å². The molecule has 1 aromatic carbocycles. The van der Waals surface area contributed by atoms with Gasteiger partial charge in [-0.05, 0) is 43.5 Å². The van der Waals surface area contributed by atoms with Gasteiger partial charge in [0, 0.05) is 24.6 Å². The van der Waals surface area contributed by atoms with E-state index in [-0.39, 0.29) is 12.0 Å². The summed E-state index contributed by atoms with van der Waals surface area (Å²) < 4.78 is 11.0. The number of carbonyl (C=O) groups excluding carboxylic acids is 1. The normalized spacial score (nSPS) is 17.9. The molecule has 1 aromatic rings. The maximum absolute atomic E-state index is 11.6. The average molecular weight is 298 g/mol. The summed E-state index contributed by atoms with van der Waals surface area (Å²) >= 11 is 5.78. The van der Waals surface area contributed by atoms with Crippen LogP contribution in [0, 0.1) is 0 Å². The molecular weight excluding hydrogens is 278 g/mol. The molecule has 0 saturated carbocycles. The molecule has 1 saturated heterocycles. The SMILES string of the molecule is O=C(CCCOc1ccc(Cl)cc1)NC[C@@H]1CCCO1. The van der Waals surface area contributed by atoms with E-state index in [0.717, 1.165) is 25.2 Å². The standard InChI is InChI=1S/C15H20ClNO3/c16-12-5-7-13(8-6-12)19-10-2-4-15(18)17-11-14-3-1-9-20-14/h5-8,14H,1-4,9-11H2,(H,17,18)/t14-/m0/s1. The second-order valence-corrected chi connectivity index (χ2v) is 5.28. The molecule has 4 nitrogen and oxygen atoms in total. The molecule has 1 aliphatic rings. The zero-order chi connectivity index (χ0) is 14.2. The highest BCUT2D eigenvalue weighted by Gasteiger charge is 2.15. The van der Waals surface area contributed by atoms with Crippen LogP contribution in [-0.2, 0) is 9.53 Å². The molecule has 0 aromatic heterocycles. The summed E-state index contributed by atoms with van der Waals surface area (Å²) in [5.41, 5.74) is 0. The first-order valence-electron chi connectivity index (χ1n) is 7.01. The molecule has 0 unspecified atom stereocenters. The lowest BCUT2D eigenvalue weighted by Gasteiger charge is -2.11. The van der Waals surface area contributed by atoms with Crippen molar-refractivity contribution in [1.82, 2.24) is 5.32 Å². The van der Waals surface area contributed by atoms with E-state index in [2.05, 4.69) is 5.32 Å². The number of carbonyl (C=O) groups is 1. The summed E-state index contributed by atoms with van der Waals surface area (Å²) in [4.78, 5) is 11.6. The Morgan fingerprint density at radius 1 is 1.40 bits per heavy atom. The fraction of sp³-hybridized carbons (Fsp3) is 0.533. The van der Waals surface area contributed by atoms with Gasteiger partial charge in [-0.25, -0.2) is 0 Å². The van der Waals surface area contributed by atoms with Crippen molar-refractivity contribution in [2.24, 2.45) is 0 Å². The zero-order valence-corrected chi connectivity index (χ0v) is 12.2. The van der Waals surface area contributed by atoms with Gasteiger partial charge in [-0.2, -0.15) is 0 Å². The van der Waals surface area contributed by atoms with Crippen molar-refractivity contribution in [3.8, 4) is 5.75 Å². The number of nitrogens with one attached hydrogen (secondary N) is 1. The van der Waals surface area contributed by atoms with Crippen LogP contribution in [-0.4, -0.2) is 31.8 Å². The predicted molar refractivity (Wildman–Crippen MR) is 78.2 cm³/mol. The minimum absolute atomic E-state index is 0.0557. The van der Waals surface area contributed by atoms with Gasteiger partial charge < -0.3 is 14.8 Å². The first-order chi connectivity index (χ1) is 9.74. The molecule has 0 spiro atoms. The molecule has 20 heavy (non-hydrogen) atoms. The molecule has 1 aliphatic heterocycles. The zero-order valence-electron chi connectivity index (χ0n) is 11.4. The van der Waals surface area contributed by atoms with Crippen LogP contribution in [0.5, 0.6) is 5.75 Å². The Balaban J connectivity index is 1.53. The number of amides is 1. The van der Waals surface area contributed by atoms with Gasteiger partial charge in [0.2, 0.25) is 5.91 Å². The van der Waals surface area contributed by atoms with E-state index < -0.39 is 0 Å². The fourth-order valence-corrected chi connectivity index (χ4v) is 2.20. The molecule has 1 N–H and O–H groups in total.